The second kappa shape index (κ2) is 7.86. The third kappa shape index (κ3) is 4.32. The Labute approximate surface area is 157 Å². The number of hydrogen-bond acceptors (Lipinski definition) is 6. The molecule has 0 saturated heterocycles. The summed E-state index contributed by atoms with van der Waals surface area (Å²) in [5, 5.41) is 9.55. The predicted octanol–water partition coefficient (Wildman–Crippen LogP) is 3.98. The number of halogens is 5. The molecule has 0 unspecified atom stereocenters. The van der Waals surface area contributed by atoms with Crippen molar-refractivity contribution in [2.75, 3.05) is 24.3 Å². The lowest BCUT2D eigenvalue weighted by molar-refractivity contribution is -0.146. The molecule has 0 radical (unpaired) electrons. The van der Waals surface area contributed by atoms with E-state index in [1.54, 1.807) is 11.6 Å². The second-order valence-corrected chi connectivity index (χ2v) is 6.50. The van der Waals surface area contributed by atoms with E-state index in [1.807, 2.05) is 0 Å². The lowest BCUT2D eigenvalue weighted by atomic mass is 9.81. The van der Waals surface area contributed by atoms with E-state index in [0.717, 1.165) is 5.69 Å². The van der Waals surface area contributed by atoms with Crippen LogP contribution in [-0.4, -0.2) is 40.0 Å². The number of nitrogens with zero attached hydrogens (tertiary/aromatic N) is 4. The Bertz CT molecular complexity index is 818. The monoisotopic (exact) mass is 406 g/mol. The zero-order chi connectivity index (χ0) is 20.5. The van der Waals surface area contributed by atoms with Crippen LogP contribution in [0.2, 0.25) is 0 Å². The van der Waals surface area contributed by atoms with Gasteiger partial charge >= 0.3 is 12.8 Å². The van der Waals surface area contributed by atoms with Crippen molar-refractivity contribution >= 4 is 17.5 Å². The van der Waals surface area contributed by atoms with Gasteiger partial charge in [-0.3, -0.25) is 4.68 Å². The van der Waals surface area contributed by atoms with Crippen LogP contribution in [0.5, 0.6) is 0 Å². The summed E-state index contributed by atoms with van der Waals surface area (Å²) in [6, 6.07) is 0.0585. The van der Waals surface area contributed by atoms with Gasteiger partial charge < -0.3 is 15.4 Å². The minimum atomic E-state index is -4.56. The number of rotatable bonds is 7. The third-order valence-corrected chi connectivity index (χ3v) is 4.64. The zero-order valence-corrected chi connectivity index (χ0v) is 15.1. The van der Waals surface area contributed by atoms with Gasteiger partial charge in [0.2, 0.25) is 5.95 Å². The smallest absolute Gasteiger partial charge is 0.372 e. The van der Waals surface area contributed by atoms with Gasteiger partial charge in [-0.25, -0.2) is 4.98 Å². The Balaban J connectivity index is 1.67. The highest BCUT2D eigenvalue weighted by molar-refractivity contribution is 5.58. The predicted molar refractivity (Wildman–Crippen MR) is 90.5 cm³/mol. The Kier molecular flexibility index (Phi) is 5.68. The van der Waals surface area contributed by atoms with Crippen molar-refractivity contribution in [3.05, 3.63) is 23.7 Å². The maximum atomic E-state index is 12.9. The standard InChI is InChI=1S/C16H19F5N6O/c1-8-12(6-24-27(8)10-3-9(4-10)7-28-14(17)18)25-15-23-5-11(16(19,20)21)13(22-2)26-15/h5-6,9-10,14H,3-4,7H2,1-2H3,(H2,22,23,25,26). The van der Waals surface area contributed by atoms with Crippen LogP contribution in [-0.2, 0) is 10.9 Å². The van der Waals surface area contributed by atoms with Crippen molar-refractivity contribution in [2.24, 2.45) is 5.92 Å². The van der Waals surface area contributed by atoms with Crippen molar-refractivity contribution in [1.29, 1.82) is 0 Å². The Morgan fingerprint density at radius 2 is 2.00 bits per heavy atom. The average molecular weight is 406 g/mol. The summed E-state index contributed by atoms with van der Waals surface area (Å²) >= 11 is 0. The van der Waals surface area contributed by atoms with E-state index < -0.39 is 18.4 Å². The van der Waals surface area contributed by atoms with Crippen LogP contribution in [0.15, 0.2) is 12.4 Å². The molecular formula is C16H19F5N6O. The summed E-state index contributed by atoms with van der Waals surface area (Å²) in [7, 11) is 1.34. The number of aromatic nitrogens is 4. The topological polar surface area (TPSA) is 76.9 Å². The second-order valence-electron chi connectivity index (χ2n) is 6.50. The van der Waals surface area contributed by atoms with Crippen molar-refractivity contribution in [1.82, 2.24) is 19.7 Å². The van der Waals surface area contributed by atoms with Gasteiger partial charge in [0.1, 0.15) is 11.4 Å². The summed E-state index contributed by atoms with van der Waals surface area (Å²) in [5.74, 6) is -0.289. The van der Waals surface area contributed by atoms with Crippen LogP contribution in [0.3, 0.4) is 0 Å². The first-order valence-electron chi connectivity index (χ1n) is 8.52. The van der Waals surface area contributed by atoms with Crippen molar-refractivity contribution in [3.8, 4) is 0 Å². The van der Waals surface area contributed by atoms with E-state index in [-0.39, 0.29) is 30.3 Å². The molecule has 1 aliphatic carbocycles. The fourth-order valence-corrected chi connectivity index (χ4v) is 3.12. The summed E-state index contributed by atoms with van der Waals surface area (Å²) in [5.41, 5.74) is 0.335. The molecule has 2 N–H and O–H groups in total. The number of nitrogens with one attached hydrogen (secondary N) is 2. The number of alkyl halides is 5. The highest BCUT2D eigenvalue weighted by Crippen LogP contribution is 2.39. The molecule has 154 valence electrons. The van der Waals surface area contributed by atoms with E-state index >= 15 is 0 Å². The van der Waals surface area contributed by atoms with Crippen LogP contribution in [0, 0.1) is 12.8 Å². The molecule has 7 nitrogen and oxygen atoms in total. The minimum Gasteiger partial charge on any atom is -0.372 e. The number of hydrogen-bond donors (Lipinski definition) is 2. The van der Waals surface area contributed by atoms with Gasteiger partial charge in [0, 0.05) is 13.2 Å². The molecule has 1 saturated carbocycles. The number of ether oxygens (including phenoxy) is 1. The molecule has 0 atom stereocenters. The van der Waals surface area contributed by atoms with Crippen LogP contribution in [0.1, 0.15) is 30.1 Å². The van der Waals surface area contributed by atoms with Crippen molar-refractivity contribution in [2.45, 2.75) is 38.6 Å². The normalized spacial score (nSPS) is 19.6. The Morgan fingerprint density at radius 3 is 2.61 bits per heavy atom. The molecular weight excluding hydrogens is 387 g/mol. The molecule has 1 aliphatic rings. The molecule has 2 aromatic heterocycles. The first-order valence-corrected chi connectivity index (χ1v) is 8.52. The fraction of sp³-hybridized carbons (Fsp3) is 0.562. The molecule has 2 heterocycles. The molecule has 28 heavy (non-hydrogen) atoms. The lowest BCUT2D eigenvalue weighted by Gasteiger charge is -2.35. The molecule has 1 fully saturated rings. The van der Waals surface area contributed by atoms with Crippen molar-refractivity contribution in [3.63, 3.8) is 0 Å². The van der Waals surface area contributed by atoms with Gasteiger partial charge in [0.05, 0.1) is 30.2 Å². The first kappa shape index (κ1) is 20.2. The van der Waals surface area contributed by atoms with E-state index in [2.05, 4.69) is 30.4 Å². The highest BCUT2D eigenvalue weighted by atomic mass is 19.4. The molecule has 0 spiro atoms. The maximum Gasteiger partial charge on any atom is 0.421 e. The zero-order valence-electron chi connectivity index (χ0n) is 15.1. The van der Waals surface area contributed by atoms with Crippen molar-refractivity contribution < 1.29 is 26.7 Å². The SMILES string of the molecule is CNc1nc(Nc2cnn(C3CC(COC(F)F)C3)c2C)ncc1C(F)(F)F. The molecule has 0 aliphatic heterocycles. The molecule has 12 heteroatoms. The van der Waals surface area contributed by atoms with Gasteiger partial charge in [-0.15, -0.1) is 0 Å². The Morgan fingerprint density at radius 1 is 1.29 bits per heavy atom. The van der Waals surface area contributed by atoms with E-state index in [0.29, 0.717) is 24.7 Å². The molecule has 3 rings (SSSR count). The number of anilines is 3. The van der Waals surface area contributed by atoms with E-state index in [9.17, 15) is 22.0 Å². The summed E-state index contributed by atoms with van der Waals surface area (Å²) < 4.78 is 69.0. The highest BCUT2D eigenvalue weighted by Gasteiger charge is 2.35. The van der Waals surface area contributed by atoms with Gasteiger partial charge in [0.25, 0.3) is 0 Å². The van der Waals surface area contributed by atoms with Crippen LogP contribution in [0.4, 0.5) is 39.4 Å². The Hall–Kier alpha value is -2.50. The quantitative estimate of drug-likeness (QED) is 0.678. The fourth-order valence-electron chi connectivity index (χ4n) is 3.12. The summed E-state index contributed by atoms with van der Waals surface area (Å²) in [4.78, 5) is 7.58. The third-order valence-electron chi connectivity index (χ3n) is 4.64. The summed E-state index contributed by atoms with van der Waals surface area (Å²) in [6.45, 7) is -0.972. The van der Waals surface area contributed by atoms with Crippen LogP contribution >= 0.6 is 0 Å². The maximum absolute atomic E-state index is 12.9. The van der Waals surface area contributed by atoms with Gasteiger partial charge in [-0.05, 0) is 25.7 Å². The molecule has 0 bridgehead atoms. The molecule has 2 aromatic rings. The van der Waals surface area contributed by atoms with Gasteiger partial charge in [-0.2, -0.15) is 32.0 Å². The average Bonchev–Trinajstić information content (AvgIpc) is 2.93. The first-order chi connectivity index (χ1) is 13.2. The lowest BCUT2D eigenvalue weighted by Crippen LogP contribution is -2.31. The van der Waals surface area contributed by atoms with E-state index in [1.165, 1.54) is 13.2 Å². The van der Waals surface area contributed by atoms with Crippen LogP contribution in [0.25, 0.3) is 0 Å². The largest absolute Gasteiger partial charge is 0.421 e. The van der Waals surface area contributed by atoms with E-state index in [4.69, 9.17) is 0 Å². The summed E-state index contributed by atoms with van der Waals surface area (Å²) in [6.07, 6.45) is -1.00. The molecule has 0 amide bonds. The van der Waals surface area contributed by atoms with Gasteiger partial charge in [0.15, 0.2) is 0 Å². The molecule has 0 aromatic carbocycles. The van der Waals surface area contributed by atoms with Gasteiger partial charge in [-0.1, -0.05) is 0 Å². The van der Waals surface area contributed by atoms with Crippen LogP contribution < -0.4 is 10.6 Å². The minimum absolute atomic E-state index is 0.00295.